The van der Waals surface area contributed by atoms with Crippen molar-refractivity contribution in [3.05, 3.63) is 72.8 Å². The molecule has 0 amide bonds. The van der Waals surface area contributed by atoms with Gasteiger partial charge in [-0.15, -0.1) is 0 Å². The van der Waals surface area contributed by atoms with Crippen LogP contribution in [-0.2, 0) is 21.6 Å². The number of H-pyrrole nitrogens is 2. The third kappa shape index (κ3) is 4.50. The van der Waals surface area contributed by atoms with Crippen molar-refractivity contribution < 1.29 is 8.42 Å². The fourth-order valence-electron chi connectivity index (χ4n) is 3.45. The Balaban J connectivity index is 1.39. The molecule has 10 heteroatoms. The molecule has 3 aromatic carbocycles. The van der Waals surface area contributed by atoms with E-state index in [2.05, 4.69) is 30.4 Å². The van der Waals surface area contributed by atoms with E-state index in [1.165, 1.54) is 0 Å². The molecule has 2 heterocycles. The Morgan fingerprint density at radius 1 is 0.588 bits per heavy atom. The Morgan fingerprint density at radius 3 is 1.38 bits per heavy atom. The molecule has 0 aliphatic heterocycles. The van der Waals surface area contributed by atoms with Crippen molar-refractivity contribution in [3.8, 4) is 45.6 Å². The maximum absolute atomic E-state index is 11.6. The minimum Gasteiger partial charge on any atom is -0.259 e. The van der Waals surface area contributed by atoms with E-state index in [-0.39, 0.29) is 0 Å². The number of hydrogen-bond acceptors (Lipinski definition) is 6. The van der Waals surface area contributed by atoms with Crippen LogP contribution in [0.15, 0.2) is 82.6 Å². The summed E-state index contributed by atoms with van der Waals surface area (Å²) in [5.41, 5.74) is 3.38. The van der Waals surface area contributed by atoms with Gasteiger partial charge in [0.25, 0.3) is 0 Å². The lowest BCUT2D eigenvalue weighted by molar-refractivity contribution is 0.686. The lowest BCUT2D eigenvalue weighted by Crippen LogP contribution is -1.88. The molecule has 0 aliphatic rings. The van der Waals surface area contributed by atoms with Crippen LogP contribution in [0.25, 0.3) is 45.6 Å². The van der Waals surface area contributed by atoms with Crippen LogP contribution < -0.4 is 0 Å². The summed E-state index contributed by atoms with van der Waals surface area (Å²) in [5.74, 6) is 2.37. The normalized spacial score (nSPS) is 13.0. The maximum Gasteiger partial charge on any atom is 0.181 e. The van der Waals surface area contributed by atoms with E-state index < -0.39 is 21.6 Å². The van der Waals surface area contributed by atoms with Crippen LogP contribution in [0.5, 0.6) is 0 Å². The Bertz CT molecular complexity index is 1400. The molecule has 5 rings (SSSR count). The van der Waals surface area contributed by atoms with Gasteiger partial charge < -0.3 is 0 Å². The van der Waals surface area contributed by atoms with Crippen molar-refractivity contribution >= 4 is 21.6 Å². The predicted molar refractivity (Wildman–Crippen MR) is 133 cm³/mol. The Hall–Kier alpha value is -3.76. The first-order valence-electron chi connectivity index (χ1n) is 10.3. The second kappa shape index (κ2) is 9.24. The second-order valence-corrected chi connectivity index (χ2v) is 10.3. The highest BCUT2D eigenvalue weighted by Crippen LogP contribution is 2.26. The molecule has 0 aliphatic carbocycles. The largest absolute Gasteiger partial charge is 0.259 e. The number of benzene rings is 3. The van der Waals surface area contributed by atoms with Gasteiger partial charge in [0.1, 0.15) is 0 Å². The highest BCUT2D eigenvalue weighted by atomic mass is 32.2. The zero-order valence-electron chi connectivity index (χ0n) is 18.4. The summed E-state index contributed by atoms with van der Waals surface area (Å²) in [5, 5.41) is 14.7. The van der Waals surface area contributed by atoms with Gasteiger partial charge >= 0.3 is 0 Å². The zero-order valence-corrected chi connectivity index (χ0v) is 20.0. The fraction of sp³-hybridized carbons (Fsp3) is 0.0833. The van der Waals surface area contributed by atoms with Gasteiger partial charge in [-0.3, -0.25) is 18.6 Å². The minimum atomic E-state index is -1.03. The summed E-state index contributed by atoms with van der Waals surface area (Å²) < 4.78 is 23.2. The Morgan fingerprint density at radius 2 is 1.00 bits per heavy atom. The molecular formula is C24H20N6O2S2. The van der Waals surface area contributed by atoms with Gasteiger partial charge in [0.05, 0.1) is 0 Å². The first kappa shape index (κ1) is 22.1. The van der Waals surface area contributed by atoms with Crippen LogP contribution in [0.2, 0.25) is 0 Å². The van der Waals surface area contributed by atoms with Crippen LogP contribution in [-0.4, -0.2) is 51.3 Å². The molecule has 0 saturated heterocycles. The lowest BCUT2D eigenvalue weighted by Gasteiger charge is -2.00. The van der Waals surface area contributed by atoms with Gasteiger partial charge in [-0.2, -0.15) is 10.2 Å². The van der Waals surface area contributed by atoms with Crippen LogP contribution >= 0.6 is 0 Å². The first-order valence-corrected chi connectivity index (χ1v) is 13.4. The van der Waals surface area contributed by atoms with Crippen molar-refractivity contribution in [1.82, 2.24) is 30.4 Å². The summed E-state index contributed by atoms with van der Waals surface area (Å²) in [6.45, 7) is 0. The molecule has 0 spiro atoms. The molecule has 0 bridgehead atoms. The van der Waals surface area contributed by atoms with Crippen molar-refractivity contribution in [2.45, 2.75) is 9.79 Å². The number of rotatable bonds is 6. The molecule has 170 valence electrons. The molecule has 5 aromatic rings. The summed E-state index contributed by atoms with van der Waals surface area (Å²) in [6.07, 6.45) is 3.30. The van der Waals surface area contributed by atoms with E-state index in [1.807, 2.05) is 72.8 Å². The van der Waals surface area contributed by atoms with Crippen molar-refractivity contribution in [3.63, 3.8) is 0 Å². The Labute approximate surface area is 200 Å². The number of nitrogens with zero attached hydrogens (tertiary/aromatic N) is 4. The highest BCUT2D eigenvalue weighted by molar-refractivity contribution is 7.84. The van der Waals surface area contributed by atoms with Gasteiger partial charge in [0.15, 0.2) is 23.3 Å². The highest BCUT2D eigenvalue weighted by Gasteiger charge is 2.12. The quantitative estimate of drug-likeness (QED) is 0.372. The lowest BCUT2D eigenvalue weighted by atomic mass is 10.1. The molecule has 0 fully saturated rings. The van der Waals surface area contributed by atoms with Crippen molar-refractivity contribution in [1.29, 1.82) is 0 Å². The standard InChI is InChI=1S/C24H20N6O2S2/c1-33(31)19-10-6-15(7-11-19)21-25-23(29-27-21)17-4-3-5-18(14-17)24-26-22(28-30-24)16-8-12-20(13-9-16)34(2)32/h3-14H,1-2H3,(H,25,27,29)(H,26,28,30). The number of aromatic nitrogens is 6. The summed E-state index contributed by atoms with van der Waals surface area (Å²) >= 11 is 0. The average molecular weight is 489 g/mol. The van der Waals surface area contributed by atoms with Gasteiger partial charge in [0, 0.05) is 66.2 Å². The predicted octanol–water partition coefficient (Wildman–Crippen LogP) is 4.07. The average Bonchev–Trinajstić information content (AvgIpc) is 3.55. The smallest absolute Gasteiger partial charge is 0.181 e. The van der Waals surface area contributed by atoms with Crippen LogP contribution in [0.1, 0.15) is 0 Å². The van der Waals surface area contributed by atoms with E-state index in [4.69, 9.17) is 0 Å². The topological polar surface area (TPSA) is 117 Å². The van der Waals surface area contributed by atoms with E-state index in [0.29, 0.717) is 23.3 Å². The molecule has 0 saturated carbocycles. The van der Waals surface area contributed by atoms with Crippen LogP contribution in [0, 0.1) is 0 Å². The van der Waals surface area contributed by atoms with E-state index >= 15 is 0 Å². The number of hydrogen-bond donors (Lipinski definition) is 2. The maximum atomic E-state index is 11.6. The number of nitrogens with one attached hydrogen (secondary N) is 2. The van der Waals surface area contributed by atoms with E-state index in [0.717, 1.165) is 32.0 Å². The molecule has 34 heavy (non-hydrogen) atoms. The van der Waals surface area contributed by atoms with Gasteiger partial charge in [0.2, 0.25) is 0 Å². The molecule has 2 unspecified atom stereocenters. The molecule has 8 nitrogen and oxygen atoms in total. The second-order valence-electron chi connectivity index (χ2n) is 7.55. The molecule has 2 N–H and O–H groups in total. The van der Waals surface area contributed by atoms with Gasteiger partial charge in [-0.1, -0.05) is 42.5 Å². The van der Waals surface area contributed by atoms with E-state index in [1.54, 1.807) is 12.5 Å². The van der Waals surface area contributed by atoms with Crippen LogP contribution in [0.4, 0.5) is 0 Å². The number of aromatic amines is 2. The van der Waals surface area contributed by atoms with E-state index in [9.17, 15) is 8.42 Å². The SMILES string of the molecule is CS(=O)c1ccc(-c2nc(-c3cccc(-c4n[nH]c(-c5ccc(S(C)=O)cc5)n4)c3)n[nH]2)cc1. The minimum absolute atomic E-state index is 0.555. The monoisotopic (exact) mass is 488 g/mol. The zero-order chi connectivity index (χ0) is 23.7. The molecular weight excluding hydrogens is 468 g/mol. The van der Waals surface area contributed by atoms with Gasteiger partial charge in [-0.25, -0.2) is 9.97 Å². The third-order valence-corrected chi connectivity index (χ3v) is 7.14. The van der Waals surface area contributed by atoms with Gasteiger partial charge in [-0.05, 0) is 30.3 Å². The first-order chi connectivity index (χ1) is 16.5. The fourth-order valence-corrected chi connectivity index (χ4v) is 4.48. The molecule has 0 radical (unpaired) electrons. The molecule has 2 atom stereocenters. The third-order valence-electron chi connectivity index (χ3n) is 5.27. The van der Waals surface area contributed by atoms with Crippen molar-refractivity contribution in [2.75, 3.05) is 12.5 Å². The van der Waals surface area contributed by atoms with Crippen molar-refractivity contribution in [2.24, 2.45) is 0 Å². The summed E-state index contributed by atoms with van der Waals surface area (Å²) in [4.78, 5) is 10.8. The summed E-state index contributed by atoms with van der Waals surface area (Å²) in [7, 11) is -2.05. The van der Waals surface area contributed by atoms with Crippen LogP contribution in [0.3, 0.4) is 0 Å². The molecule has 2 aromatic heterocycles. The Kier molecular flexibility index (Phi) is 5.99. The summed E-state index contributed by atoms with van der Waals surface area (Å²) in [6, 6.07) is 22.5.